The highest BCUT2D eigenvalue weighted by Gasteiger charge is 2.22. The molecular formula is C18H8N2O6S2. The van der Waals surface area contributed by atoms with Crippen LogP contribution in [0.4, 0.5) is 11.4 Å². The van der Waals surface area contributed by atoms with E-state index in [0.29, 0.717) is 32.4 Å². The van der Waals surface area contributed by atoms with Crippen LogP contribution in [0.3, 0.4) is 0 Å². The van der Waals surface area contributed by atoms with E-state index in [-0.39, 0.29) is 11.4 Å². The first-order chi connectivity index (χ1) is 13.5. The molecule has 0 radical (unpaired) electrons. The fourth-order valence-corrected chi connectivity index (χ4v) is 4.68. The van der Waals surface area contributed by atoms with Gasteiger partial charge < -0.3 is 8.83 Å². The average Bonchev–Trinajstić information content (AvgIpc) is 3.42. The molecule has 0 spiro atoms. The largest absolute Gasteiger partial charge is 0.455 e. The molecule has 0 saturated heterocycles. The molecule has 4 aromatic heterocycles. The third-order valence-corrected chi connectivity index (χ3v) is 6.12. The molecule has 4 heterocycles. The quantitative estimate of drug-likeness (QED) is 0.247. The lowest BCUT2D eigenvalue weighted by molar-refractivity contribution is -0.384. The van der Waals surface area contributed by atoms with E-state index in [4.69, 9.17) is 8.83 Å². The number of rotatable bonds is 4. The minimum atomic E-state index is -0.439. The van der Waals surface area contributed by atoms with Gasteiger partial charge in [0, 0.05) is 22.9 Å². The van der Waals surface area contributed by atoms with E-state index in [2.05, 4.69) is 0 Å². The van der Waals surface area contributed by atoms with E-state index in [1.165, 1.54) is 34.8 Å². The summed E-state index contributed by atoms with van der Waals surface area (Å²) in [6.45, 7) is 0. The summed E-state index contributed by atoms with van der Waals surface area (Å²) in [5.41, 5.74) is 1.11. The molecule has 0 atom stereocenters. The molecule has 138 valence electrons. The molecule has 0 aliphatic heterocycles. The number of hydrogen-bond acceptors (Lipinski definition) is 8. The van der Waals surface area contributed by atoms with Crippen LogP contribution in [0.1, 0.15) is 0 Å². The molecule has 0 unspecified atom stereocenters. The van der Waals surface area contributed by atoms with Gasteiger partial charge in [0.05, 0.1) is 9.85 Å². The summed E-state index contributed by atoms with van der Waals surface area (Å²) in [5.74, 6) is 0.831. The predicted octanol–water partition coefficient (Wildman–Crippen LogP) is 6.45. The molecule has 0 bridgehead atoms. The van der Waals surface area contributed by atoms with Crippen LogP contribution >= 0.6 is 22.7 Å². The normalized spacial score (nSPS) is 11.4. The van der Waals surface area contributed by atoms with Crippen molar-refractivity contribution in [1.82, 2.24) is 0 Å². The molecular weight excluding hydrogens is 404 g/mol. The van der Waals surface area contributed by atoms with Crippen molar-refractivity contribution in [2.24, 2.45) is 0 Å². The molecule has 0 fully saturated rings. The first kappa shape index (κ1) is 16.7. The number of nitrogens with zero attached hydrogens (tertiary/aromatic N) is 2. The number of thiophene rings is 2. The summed E-state index contributed by atoms with van der Waals surface area (Å²) in [7, 11) is 0. The Morgan fingerprint density at radius 2 is 1.14 bits per heavy atom. The lowest BCUT2D eigenvalue weighted by atomic mass is 10.2. The van der Waals surface area contributed by atoms with Gasteiger partial charge in [0.2, 0.25) is 0 Å². The molecule has 0 aliphatic rings. The fraction of sp³-hybridized carbons (Fsp3) is 0. The molecule has 0 saturated carbocycles. The fourth-order valence-electron chi connectivity index (χ4n) is 3.06. The monoisotopic (exact) mass is 412 g/mol. The van der Waals surface area contributed by atoms with Crippen LogP contribution < -0.4 is 0 Å². The van der Waals surface area contributed by atoms with E-state index in [0.717, 1.165) is 10.8 Å². The van der Waals surface area contributed by atoms with Crippen molar-refractivity contribution in [3.63, 3.8) is 0 Å². The Morgan fingerprint density at radius 1 is 0.714 bits per heavy atom. The van der Waals surface area contributed by atoms with Gasteiger partial charge in [0.1, 0.15) is 20.9 Å². The van der Waals surface area contributed by atoms with Crippen LogP contribution in [0, 0.1) is 20.2 Å². The summed E-state index contributed by atoms with van der Waals surface area (Å²) < 4.78 is 11.7. The number of benzene rings is 1. The topological polar surface area (TPSA) is 113 Å². The Bertz CT molecular complexity index is 1240. The van der Waals surface area contributed by atoms with E-state index < -0.39 is 9.85 Å². The van der Waals surface area contributed by atoms with Gasteiger partial charge in [-0.25, -0.2) is 0 Å². The van der Waals surface area contributed by atoms with E-state index >= 15 is 0 Å². The number of fused-ring (bicyclic) bond motifs is 2. The standard InChI is InChI=1S/C18H8N2O6S2/c21-19(22)11-1-3-27-17(11)15-7-9-5-14-10(6-13(9)25-15)8-16(26-14)18-12(20(23)24)2-4-28-18/h1-8H. The molecule has 0 N–H and O–H groups in total. The number of furan rings is 2. The number of nitro groups is 2. The summed E-state index contributed by atoms with van der Waals surface area (Å²) in [6.07, 6.45) is 0. The second kappa shape index (κ2) is 6.01. The van der Waals surface area contributed by atoms with Crippen molar-refractivity contribution in [3.05, 3.63) is 67.4 Å². The van der Waals surface area contributed by atoms with Crippen LogP contribution in [0.2, 0.25) is 0 Å². The summed E-state index contributed by atoms with van der Waals surface area (Å²) >= 11 is 2.47. The Labute approximate surface area is 163 Å². The van der Waals surface area contributed by atoms with Gasteiger partial charge in [0.25, 0.3) is 11.4 Å². The molecule has 5 aromatic rings. The second-order valence-electron chi connectivity index (χ2n) is 5.93. The van der Waals surface area contributed by atoms with Crippen LogP contribution in [0.5, 0.6) is 0 Å². The SMILES string of the molecule is O=[N+]([O-])c1ccsc1-c1cc2cc3oc(-c4sccc4[N+](=O)[O-])cc3cc2o1. The average molecular weight is 412 g/mol. The maximum Gasteiger partial charge on any atom is 0.291 e. The zero-order valence-electron chi connectivity index (χ0n) is 13.8. The lowest BCUT2D eigenvalue weighted by Gasteiger charge is -1.91. The first-order valence-corrected chi connectivity index (χ1v) is 9.69. The van der Waals surface area contributed by atoms with Gasteiger partial charge in [-0.2, -0.15) is 0 Å². The van der Waals surface area contributed by atoms with Crippen molar-refractivity contribution in [1.29, 1.82) is 0 Å². The molecule has 8 nitrogen and oxygen atoms in total. The van der Waals surface area contributed by atoms with E-state index in [1.54, 1.807) is 35.0 Å². The molecule has 28 heavy (non-hydrogen) atoms. The van der Waals surface area contributed by atoms with Gasteiger partial charge in [-0.3, -0.25) is 20.2 Å². The summed E-state index contributed by atoms with van der Waals surface area (Å²) in [4.78, 5) is 22.3. The van der Waals surface area contributed by atoms with Crippen molar-refractivity contribution in [2.45, 2.75) is 0 Å². The van der Waals surface area contributed by atoms with Gasteiger partial charge in [-0.1, -0.05) is 0 Å². The van der Waals surface area contributed by atoms with Crippen molar-refractivity contribution in [2.75, 3.05) is 0 Å². The van der Waals surface area contributed by atoms with Gasteiger partial charge >= 0.3 is 0 Å². The summed E-state index contributed by atoms with van der Waals surface area (Å²) in [6, 6.07) is 9.87. The van der Waals surface area contributed by atoms with Crippen molar-refractivity contribution >= 4 is 56.0 Å². The Balaban J connectivity index is 1.63. The molecule has 1 aromatic carbocycles. The van der Waals surface area contributed by atoms with Gasteiger partial charge in [-0.15, -0.1) is 22.7 Å². The second-order valence-corrected chi connectivity index (χ2v) is 7.77. The Morgan fingerprint density at radius 3 is 1.54 bits per heavy atom. The van der Waals surface area contributed by atoms with Gasteiger partial charge in [0.15, 0.2) is 11.5 Å². The third-order valence-electron chi connectivity index (χ3n) is 4.29. The van der Waals surface area contributed by atoms with Crippen molar-refractivity contribution < 1.29 is 18.7 Å². The summed E-state index contributed by atoms with van der Waals surface area (Å²) in [5, 5.41) is 27.1. The molecule has 5 rings (SSSR count). The lowest BCUT2D eigenvalue weighted by Crippen LogP contribution is -1.86. The molecule has 10 heteroatoms. The maximum atomic E-state index is 11.2. The zero-order chi connectivity index (χ0) is 19.4. The predicted molar refractivity (Wildman–Crippen MR) is 106 cm³/mol. The van der Waals surface area contributed by atoms with Crippen molar-refractivity contribution in [3.8, 4) is 21.3 Å². The maximum absolute atomic E-state index is 11.2. The highest BCUT2D eigenvalue weighted by Crippen LogP contribution is 2.41. The smallest absolute Gasteiger partial charge is 0.291 e. The van der Waals surface area contributed by atoms with Crippen LogP contribution in [-0.2, 0) is 0 Å². The first-order valence-electron chi connectivity index (χ1n) is 7.93. The minimum Gasteiger partial charge on any atom is -0.455 e. The minimum absolute atomic E-state index is 0.0000317. The molecule has 0 amide bonds. The third kappa shape index (κ3) is 2.50. The van der Waals surface area contributed by atoms with E-state index in [1.807, 2.05) is 0 Å². The molecule has 0 aliphatic carbocycles. The van der Waals surface area contributed by atoms with Gasteiger partial charge in [-0.05, 0) is 35.0 Å². The highest BCUT2D eigenvalue weighted by atomic mass is 32.1. The van der Waals surface area contributed by atoms with Crippen LogP contribution in [0.15, 0.2) is 56.0 Å². The van der Waals surface area contributed by atoms with Crippen LogP contribution in [-0.4, -0.2) is 9.85 Å². The van der Waals surface area contributed by atoms with Crippen LogP contribution in [0.25, 0.3) is 43.2 Å². The van der Waals surface area contributed by atoms with E-state index in [9.17, 15) is 20.2 Å². The highest BCUT2D eigenvalue weighted by molar-refractivity contribution is 7.14. The number of hydrogen-bond donors (Lipinski definition) is 0. The zero-order valence-corrected chi connectivity index (χ0v) is 15.4. The Hall–Kier alpha value is -3.50. The Kier molecular flexibility index (Phi) is 3.57.